The molecular weight excluding hydrogens is 226 g/mol. The molecule has 16 heavy (non-hydrogen) atoms. The fourth-order valence-corrected chi connectivity index (χ4v) is 2.01. The molecule has 1 saturated carbocycles. The van der Waals surface area contributed by atoms with Crippen LogP contribution in [0.25, 0.3) is 0 Å². The highest BCUT2D eigenvalue weighted by molar-refractivity contribution is 6.30. The Balaban J connectivity index is 2.13. The van der Waals surface area contributed by atoms with Crippen molar-refractivity contribution in [2.24, 2.45) is 0 Å². The Kier molecular flexibility index (Phi) is 3.17. The minimum atomic E-state index is -0.375. The van der Waals surface area contributed by atoms with Gasteiger partial charge in [0.05, 0.1) is 12.0 Å². The highest BCUT2D eigenvalue weighted by Crippen LogP contribution is 2.48. The monoisotopic (exact) mass is 239 g/mol. The van der Waals surface area contributed by atoms with E-state index < -0.39 is 0 Å². The average Bonchev–Trinajstić information content (AvgIpc) is 3.08. The lowest BCUT2D eigenvalue weighted by Crippen LogP contribution is -2.36. The van der Waals surface area contributed by atoms with Gasteiger partial charge in [0.25, 0.3) is 0 Å². The van der Waals surface area contributed by atoms with Crippen LogP contribution in [-0.4, -0.2) is 24.2 Å². The first-order valence-corrected chi connectivity index (χ1v) is 5.72. The summed E-state index contributed by atoms with van der Waals surface area (Å²) in [4.78, 5) is 11.9. The molecule has 0 aromatic heterocycles. The second kappa shape index (κ2) is 4.44. The summed E-state index contributed by atoms with van der Waals surface area (Å²) in [5, 5.41) is 12.1. The number of nitrogens with one attached hydrogen (secondary N) is 1. The predicted molar refractivity (Wildman–Crippen MR) is 62.5 cm³/mol. The van der Waals surface area contributed by atoms with E-state index in [0.717, 1.165) is 18.4 Å². The summed E-state index contributed by atoms with van der Waals surface area (Å²) in [6.45, 7) is 0.288. The van der Waals surface area contributed by atoms with Gasteiger partial charge in [-0.3, -0.25) is 4.79 Å². The summed E-state index contributed by atoms with van der Waals surface area (Å²) in [6.07, 6.45) is 1.73. The summed E-state index contributed by atoms with van der Waals surface area (Å²) >= 11 is 5.81. The van der Waals surface area contributed by atoms with Crippen LogP contribution in [0.4, 0.5) is 0 Å². The Labute approximate surface area is 99.4 Å². The van der Waals surface area contributed by atoms with E-state index in [1.807, 2.05) is 12.1 Å². The normalized spacial score (nSPS) is 16.9. The third kappa shape index (κ3) is 2.06. The van der Waals surface area contributed by atoms with E-state index in [1.54, 1.807) is 12.1 Å². The topological polar surface area (TPSA) is 49.3 Å². The van der Waals surface area contributed by atoms with Crippen molar-refractivity contribution >= 4 is 17.5 Å². The Bertz CT molecular complexity index is 385. The number of rotatable bonds is 4. The van der Waals surface area contributed by atoms with Crippen LogP contribution in [0.5, 0.6) is 0 Å². The minimum absolute atomic E-state index is 0.00359. The zero-order chi connectivity index (χ0) is 11.6. The van der Waals surface area contributed by atoms with Gasteiger partial charge in [-0.1, -0.05) is 23.7 Å². The molecule has 1 aromatic carbocycles. The number of hydrogen-bond acceptors (Lipinski definition) is 2. The van der Waals surface area contributed by atoms with Crippen LogP contribution in [0.1, 0.15) is 18.4 Å². The first-order valence-electron chi connectivity index (χ1n) is 5.34. The van der Waals surface area contributed by atoms with E-state index in [0.29, 0.717) is 11.6 Å². The van der Waals surface area contributed by atoms with Crippen molar-refractivity contribution in [2.45, 2.75) is 18.3 Å². The summed E-state index contributed by atoms with van der Waals surface area (Å²) in [5.41, 5.74) is 0.632. The third-order valence-electron chi connectivity index (χ3n) is 2.98. The first kappa shape index (κ1) is 11.4. The second-order valence-corrected chi connectivity index (χ2v) is 4.50. The SMILES string of the molecule is O=C(NCCO)C1(c2ccc(Cl)cc2)CC1. The fraction of sp³-hybridized carbons (Fsp3) is 0.417. The van der Waals surface area contributed by atoms with Gasteiger partial charge in [-0.2, -0.15) is 0 Å². The first-order chi connectivity index (χ1) is 7.69. The molecule has 1 aliphatic rings. The zero-order valence-corrected chi connectivity index (χ0v) is 9.63. The number of aliphatic hydroxyl groups excluding tert-OH is 1. The zero-order valence-electron chi connectivity index (χ0n) is 8.87. The number of amides is 1. The van der Waals surface area contributed by atoms with Crippen molar-refractivity contribution in [1.29, 1.82) is 0 Å². The van der Waals surface area contributed by atoms with Gasteiger partial charge in [0, 0.05) is 11.6 Å². The molecule has 0 bridgehead atoms. The molecule has 0 radical (unpaired) electrons. The third-order valence-corrected chi connectivity index (χ3v) is 3.23. The smallest absolute Gasteiger partial charge is 0.230 e. The Morgan fingerprint density at radius 3 is 2.50 bits per heavy atom. The molecule has 0 spiro atoms. The Hall–Kier alpha value is -1.06. The number of hydrogen-bond donors (Lipinski definition) is 2. The van der Waals surface area contributed by atoms with Gasteiger partial charge in [0.15, 0.2) is 0 Å². The summed E-state index contributed by atoms with van der Waals surface area (Å²) < 4.78 is 0. The molecule has 2 rings (SSSR count). The second-order valence-electron chi connectivity index (χ2n) is 4.07. The molecule has 2 N–H and O–H groups in total. The van der Waals surface area contributed by atoms with E-state index in [9.17, 15) is 4.79 Å². The van der Waals surface area contributed by atoms with Gasteiger partial charge in [-0.25, -0.2) is 0 Å². The number of aliphatic hydroxyl groups is 1. The molecular formula is C12H14ClNO2. The molecule has 1 amide bonds. The maximum atomic E-state index is 11.9. The lowest BCUT2D eigenvalue weighted by molar-refractivity contribution is -0.123. The van der Waals surface area contributed by atoms with Crippen molar-refractivity contribution in [3.8, 4) is 0 Å². The maximum absolute atomic E-state index is 11.9. The van der Waals surface area contributed by atoms with E-state index in [-0.39, 0.29) is 17.9 Å². The molecule has 1 aromatic rings. The van der Waals surface area contributed by atoms with E-state index in [4.69, 9.17) is 16.7 Å². The van der Waals surface area contributed by atoms with Gasteiger partial charge in [0.1, 0.15) is 0 Å². The molecule has 86 valence electrons. The molecule has 3 nitrogen and oxygen atoms in total. The molecule has 0 heterocycles. The molecule has 1 aliphatic carbocycles. The highest BCUT2D eigenvalue weighted by Gasteiger charge is 2.50. The maximum Gasteiger partial charge on any atom is 0.230 e. The molecule has 0 saturated heterocycles. The fourth-order valence-electron chi connectivity index (χ4n) is 1.88. The minimum Gasteiger partial charge on any atom is -0.395 e. The Morgan fingerprint density at radius 1 is 1.38 bits per heavy atom. The standard InChI is InChI=1S/C12H14ClNO2/c13-10-3-1-9(2-4-10)12(5-6-12)11(16)14-7-8-15/h1-4,15H,5-8H2,(H,14,16). The number of halogens is 1. The summed E-state index contributed by atoms with van der Waals surface area (Å²) in [5.74, 6) is 0.00359. The lowest BCUT2D eigenvalue weighted by atomic mass is 9.95. The van der Waals surface area contributed by atoms with Gasteiger partial charge >= 0.3 is 0 Å². The van der Waals surface area contributed by atoms with E-state index in [2.05, 4.69) is 5.32 Å². The van der Waals surface area contributed by atoms with Crippen molar-refractivity contribution < 1.29 is 9.90 Å². The van der Waals surface area contributed by atoms with Crippen molar-refractivity contribution in [1.82, 2.24) is 5.32 Å². The lowest BCUT2D eigenvalue weighted by Gasteiger charge is -2.15. The Morgan fingerprint density at radius 2 is 2.00 bits per heavy atom. The number of carbonyl (C=O) groups is 1. The van der Waals surface area contributed by atoms with Crippen LogP contribution in [0, 0.1) is 0 Å². The van der Waals surface area contributed by atoms with Gasteiger partial charge in [-0.15, -0.1) is 0 Å². The van der Waals surface area contributed by atoms with Crippen molar-refractivity contribution in [3.63, 3.8) is 0 Å². The molecule has 0 unspecified atom stereocenters. The highest BCUT2D eigenvalue weighted by atomic mass is 35.5. The van der Waals surface area contributed by atoms with Crippen molar-refractivity contribution in [3.05, 3.63) is 34.9 Å². The quantitative estimate of drug-likeness (QED) is 0.836. The van der Waals surface area contributed by atoms with Gasteiger partial charge in [0.2, 0.25) is 5.91 Å². The van der Waals surface area contributed by atoms with Crippen LogP contribution in [-0.2, 0) is 10.2 Å². The van der Waals surface area contributed by atoms with Crippen LogP contribution in [0.15, 0.2) is 24.3 Å². The molecule has 0 aliphatic heterocycles. The molecule has 4 heteroatoms. The molecule has 0 atom stereocenters. The average molecular weight is 240 g/mol. The van der Waals surface area contributed by atoms with E-state index in [1.165, 1.54) is 0 Å². The van der Waals surface area contributed by atoms with E-state index >= 15 is 0 Å². The van der Waals surface area contributed by atoms with Crippen LogP contribution >= 0.6 is 11.6 Å². The summed E-state index contributed by atoms with van der Waals surface area (Å²) in [7, 11) is 0. The predicted octanol–water partition coefficient (Wildman–Crippen LogP) is 1.48. The van der Waals surface area contributed by atoms with Gasteiger partial charge in [-0.05, 0) is 30.5 Å². The number of benzene rings is 1. The van der Waals surface area contributed by atoms with Crippen LogP contribution in [0.2, 0.25) is 5.02 Å². The largest absolute Gasteiger partial charge is 0.395 e. The van der Waals surface area contributed by atoms with Gasteiger partial charge < -0.3 is 10.4 Å². The molecule has 1 fully saturated rings. The number of carbonyl (C=O) groups excluding carboxylic acids is 1. The van der Waals surface area contributed by atoms with Crippen LogP contribution < -0.4 is 5.32 Å². The summed E-state index contributed by atoms with van der Waals surface area (Å²) in [6, 6.07) is 7.40. The van der Waals surface area contributed by atoms with Crippen LogP contribution in [0.3, 0.4) is 0 Å². The van der Waals surface area contributed by atoms with Crippen molar-refractivity contribution in [2.75, 3.05) is 13.2 Å².